The van der Waals surface area contributed by atoms with Gasteiger partial charge in [-0.25, -0.2) is 0 Å². The highest BCUT2D eigenvalue weighted by Gasteiger charge is 2.57. The molecule has 6 nitrogen and oxygen atoms in total. The maximum atomic E-state index is 11.7. The molecular weight excluding hydrogens is 259 g/mol. The van der Waals surface area contributed by atoms with Crippen molar-refractivity contribution < 1.29 is 19.9 Å². The minimum atomic E-state index is -1.27. The summed E-state index contributed by atoms with van der Waals surface area (Å²) in [7, 11) is -1.27. The van der Waals surface area contributed by atoms with Crippen molar-refractivity contribution in [2.24, 2.45) is 17.6 Å². The van der Waals surface area contributed by atoms with E-state index in [4.69, 9.17) is 15.8 Å². The van der Waals surface area contributed by atoms with Crippen LogP contribution in [0.15, 0.2) is 0 Å². The van der Waals surface area contributed by atoms with Crippen molar-refractivity contribution in [3.8, 4) is 0 Å². The number of fused-ring (bicyclic) bond motifs is 1. The standard InChI is InChI=1S/C13H25BN2O4/c15-13(12(17)18)9(4-1-2-6-14(19)20)8-11-10(13)5-3-7-16-11/h9-11,16,19-20H,1-8,15H2,(H,17,18). The summed E-state index contributed by atoms with van der Waals surface area (Å²) in [6.07, 6.45) is 5.23. The number of carboxylic acids is 1. The van der Waals surface area contributed by atoms with Gasteiger partial charge in [-0.05, 0) is 44.5 Å². The van der Waals surface area contributed by atoms with Crippen molar-refractivity contribution in [1.82, 2.24) is 5.32 Å². The molecular formula is C13H25BN2O4. The maximum Gasteiger partial charge on any atom is 0.451 e. The molecule has 0 aromatic heterocycles. The lowest BCUT2D eigenvalue weighted by Gasteiger charge is -2.36. The van der Waals surface area contributed by atoms with E-state index in [1.165, 1.54) is 0 Å². The number of aliphatic carboxylic acids is 1. The van der Waals surface area contributed by atoms with E-state index < -0.39 is 18.6 Å². The zero-order valence-corrected chi connectivity index (χ0v) is 11.8. The van der Waals surface area contributed by atoms with Gasteiger partial charge in [-0.1, -0.05) is 12.8 Å². The Bertz CT molecular complexity index is 355. The molecule has 1 aliphatic heterocycles. The highest BCUT2D eigenvalue weighted by Crippen LogP contribution is 2.45. The predicted molar refractivity (Wildman–Crippen MR) is 76.0 cm³/mol. The second-order valence-electron chi connectivity index (χ2n) is 6.25. The van der Waals surface area contributed by atoms with E-state index >= 15 is 0 Å². The molecule has 0 amide bonds. The van der Waals surface area contributed by atoms with Crippen molar-refractivity contribution in [2.75, 3.05) is 6.54 Å². The Hall–Kier alpha value is -0.625. The third kappa shape index (κ3) is 3.00. The Morgan fingerprint density at radius 2 is 2.15 bits per heavy atom. The lowest BCUT2D eigenvalue weighted by Crippen LogP contribution is -2.59. The van der Waals surface area contributed by atoms with Gasteiger partial charge in [0.05, 0.1) is 0 Å². The number of hydrogen-bond donors (Lipinski definition) is 5. The molecule has 1 saturated heterocycles. The topological polar surface area (TPSA) is 116 Å². The van der Waals surface area contributed by atoms with Crippen LogP contribution in [0.1, 0.15) is 38.5 Å². The normalized spacial score (nSPS) is 36.6. The minimum absolute atomic E-state index is 0.0159. The van der Waals surface area contributed by atoms with Gasteiger partial charge in [-0.2, -0.15) is 0 Å². The highest BCUT2D eigenvalue weighted by molar-refractivity contribution is 6.40. The molecule has 2 fully saturated rings. The number of nitrogens with one attached hydrogen (secondary N) is 1. The molecule has 1 saturated carbocycles. The molecule has 1 aliphatic carbocycles. The number of carboxylic acid groups (broad SMARTS) is 1. The molecule has 0 aromatic carbocycles. The SMILES string of the molecule is NC1(C(=O)O)C(CCCCB(O)O)CC2NCCCC21. The van der Waals surface area contributed by atoms with Gasteiger partial charge in [0.2, 0.25) is 0 Å². The van der Waals surface area contributed by atoms with E-state index in [1.807, 2.05) is 0 Å². The number of nitrogens with two attached hydrogens (primary N) is 1. The van der Waals surface area contributed by atoms with Gasteiger partial charge < -0.3 is 26.2 Å². The molecule has 0 aromatic rings. The fraction of sp³-hybridized carbons (Fsp3) is 0.923. The smallest absolute Gasteiger partial charge is 0.451 e. The Balaban J connectivity index is 1.97. The molecule has 1 heterocycles. The first-order valence-corrected chi connectivity index (χ1v) is 7.58. The summed E-state index contributed by atoms with van der Waals surface area (Å²) < 4.78 is 0. The molecule has 0 radical (unpaired) electrons. The van der Waals surface area contributed by atoms with Crippen LogP contribution < -0.4 is 11.1 Å². The molecule has 2 rings (SSSR count). The summed E-state index contributed by atoms with van der Waals surface area (Å²) >= 11 is 0. The van der Waals surface area contributed by atoms with Gasteiger partial charge in [0.25, 0.3) is 0 Å². The van der Waals surface area contributed by atoms with Crippen molar-refractivity contribution in [3.05, 3.63) is 0 Å². The van der Waals surface area contributed by atoms with Crippen LogP contribution >= 0.6 is 0 Å². The van der Waals surface area contributed by atoms with Crippen LogP contribution in [0.2, 0.25) is 6.32 Å². The second kappa shape index (κ2) is 6.43. The number of carbonyl (C=O) groups is 1. The van der Waals surface area contributed by atoms with Gasteiger partial charge in [0.15, 0.2) is 0 Å². The van der Waals surface area contributed by atoms with Crippen molar-refractivity contribution in [3.63, 3.8) is 0 Å². The van der Waals surface area contributed by atoms with Crippen LogP contribution in [0.3, 0.4) is 0 Å². The average Bonchev–Trinajstić information content (AvgIpc) is 2.69. The van der Waals surface area contributed by atoms with E-state index in [-0.39, 0.29) is 17.9 Å². The number of rotatable bonds is 6. The Morgan fingerprint density at radius 3 is 2.80 bits per heavy atom. The van der Waals surface area contributed by atoms with Crippen molar-refractivity contribution in [2.45, 2.75) is 56.4 Å². The first-order valence-electron chi connectivity index (χ1n) is 7.58. The highest BCUT2D eigenvalue weighted by atomic mass is 16.4. The molecule has 7 heteroatoms. The molecule has 0 bridgehead atoms. The Kier molecular flexibility index (Phi) is 5.07. The molecule has 6 N–H and O–H groups in total. The largest absolute Gasteiger partial charge is 0.480 e. The lowest BCUT2D eigenvalue weighted by atomic mass is 9.75. The van der Waals surface area contributed by atoms with Crippen LogP contribution in [0.5, 0.6) is 0 Å². The summed E-state index contributed by atoms with van der Waals surface area (Å²) in [5.41, 5.74) is 5.18. The van der Waals surface area contributed by atoms with E-state index in [1.54, 1.807) is 0 Å². The fourth-order valence-corrected chi connectivity index (χ4v) is 3.98. The zero-order valence-electron chi connectivity index (χ0n) is 11.8. The zero-order chi connectivity index (χ0) is 14.8. The maximum absolute atomic E-state index is 11.7. The minimum Gasteiger partial charge on any atom is -0.480 e. The molecule has 4 unspecified atom stereocenters. The molecule has 2 aliphatic rings. The van der Waals surface area contributed by atoms with Gasteiger partial charge >= 0.3 is 13.1 Å². The summed E-state index contributed by atoms with van der Waals surface area (Å²) in [5.74, 6) is -0.903. The van der Waals surface area contributed by atoms with Gasteiger partial charge in [0, 0.05) is 12.0 Å². The molecule has 20 heavy (non-hydrogen) atoms. The third-order valence-electron chi connectivity index (χ3n) is 5.05. The van der Waals surface area contributed by atoms with Crippen molar-refractivity contribution >= 4 is 13.1 Å². The van der Waals surface area contributed by atoms with E-state index in [0.29, 0.717) is 12.7 Å². The van der Waals surface area contributed by atoms with E-state index in [9.17, 15) is 9.90 Å². The van der Waals surface area contributed by atoms with Crippen LogP contribution in [-0.2, 0) is 4.79 Å². The Labute approximate surface area is 119 Å². The number of piperidine rings is 1. The lowest BCUT2D eigenvalue weighted by molar-refractivity contribution is -0.147. The second-order valence-corrected chi connectivity index (χ2v) is 6.25. The number of hydrogen-bond acceptors (Lipinski definition) is 5. The summed E-state index contributed by atoms with van der Waals surface area (Å²) in [6.45, 7) is 0.945. The van der Waals surface area contributed by atoms with Crippen LogP contribution in [0.25, 0.3) is 0 Å². The van der Waals surface area contributed by atoms with E-state index in [0.717, 1.165) is 38.6 Å². The fourth-order valence-electron chi connectivity index (χ4n) is 3.98. The van der Waals surface area contributed by atoms with Gasteiger partial charge in [-0.15, -0.1) is 0 Å². The predicted octanol–water partition coefficient (Wildman–Crippen LogP) is -0.200. The first-order chi connectivity index (χ1) is 9.46. The van der Waals surface area contributed by atoms with E-state index in [2.05, 4.69) is 5.32 Å². The van der Waals surface area contributed by atoms with Crippen LogP contribution in [0.4, 0.5) is 0 Å². The van der Waals surface area contributed by atoms with Crippen molar-refractivity contribution in [1.29, 1.82) is 0 Å². The van der Waals surface area contributed by atoms with Crippen LogP contribution in [0, 0.1) is 11.8 Å². The van der Waals surface area contributed by atoms with Gasteiger partial charge in [0.1, 0.15) is 5.54 Å². The third-order valence-corrected chi connectivity index (χ3v) is 5.05. The summed E-state index contributed by atoms with van der Waals surface area (Å²) in [5, 5.41) is 30.7. The molecule has 4 atom stereocenters. The van der Waals surface area contributed by atoms with Crippen LogP contribution in [-0.4, -0.2) is 46.4 Å². The monoisotopic (exact) mass is 284 g/mol. The Morgan fingerprint density at radius 1 is 1.40 bits per heavy atom. The summed E-state index contributed by atoms with van der Waals surface area (Å²) in [4.78, 5) is 11.7. The molecule has 0 spiro atoms. The number of unbranched alkanes of at least 4 members (excludes halogenated alkanes) is 1. The first kappa shape index (κ1) is 15.8. The van der Waals surface area contributed by atoms with Gasteiger partial charge in [-0.3, -0.25) is 4.79 Å². The average molecular weight is 284 g/mol. The summed E-state index contributed by atoms with van der Waals surface area (Å²) in [6, 6.07) is 0.221. The quantitative estimate of drug-likeness (QED) is 0.341. The molecule has 114 valence electrons.